The van der Waals surface area contributed by atoms with Gasteiger partial charge < -0.3 is 0 Å². The molecule has 0 saturated heterocycles. The Hall–Kier alpha value is 0.350. The van der Waals surface area contributed by atoms with Crippen LogP contribution in [-0.2, 0) is 0 Å². The van der Waals surface area contributed by atoms with Crippen molar-refractivity contribution in [3.8, 4) is 0 Å². The molecule has 0 unspecified atom stereocenters. The standard InChI is InChI=1S/C3H8S.2C2H6/c1-3(2)4;2*1-2/h3-4H,1-2H3;2*1-2H3. The van der Waals surface area contributed by atoms with Gasteiger partial charge in [0.1, 0.15) is 0 Å². The Kier molecular flexibility index (Phi) is 52.0. The Labute approximate surface area is 60.1 Å². The van der Waals surface area contributed by atoms with E-state index in [0.29, 0.717) is 5.25 Å². The molecule has 0 aromatic heterocycles. The van der Waals surface area contributed by atoms with E-state index in [1.165, 1.54) is 0 Å². The third kappa shape index (κ3) is 1480. The molecule has 0 bridgehead atoms. The van der Waals surface area contributed by atoms with Crippen molar-refractivity contribution in [3.05, 3.63) is 0 Å². The van der Waals surface area contributed by atoms with E-state index in [4.69, 9.17) is 0 Å². The summed E-state index contributed by atoms with van der Waals surface area (Å²) >= 11 is 3.97. The molecule has 8 heavy (non-hydrogen) atoms. The van der Waals surface area contributed by atoms with Gasteiger partial charge in [0.2, 0.25) is 0 Å². The first-order valence-corrected chi connectivity index (χ1v) is 3.93. The summed E-state index contributed by atoms with van der Waals surface area (Å²) < 4.78 is 0. The zero-order valence-electron chi connectivity index (χ0n) is 7.02. The van der Waals surface area contributed by atoms with Gasteiger partial charge in [0.25, 0.3) is 0 Å². The lowest BCUT2D eigenvalue weighted by molar-refractivity contribution is 1.13. The van der Waals surface area contributed by atoms with Crippen molar-refractivity contribution >= 4 is 12.6 Å². The van der Waals surface area contributed by atoms with E-state index < -0.39 is 0 Å². The Balaban J connectivity index is -0.0000000542. The fraction of sp³-hybridized carbons (Fsp3) is 1.00. The molecule has 0 heterocycles. The number of hydrogen-bond acceptors (Lipinski definition) is 1. The molecular weight excluding hydrogens is 116 g/mol. The van der Waals surface area contributed by atoms with E-state index in [2.05, 4.69) is 12.6 Å². The fourth-order valence-electron chi connectivity index (χ4n) is 0. The van der Waals surface area contributed by atoms with Crippen LogP contribution < -0.4 is 0 Å². The quantitative estimate of drug-likeness (QED) is 0.485. The first-order chi connectivity index (χ1) is 3.73. The van der Waals surface area contributed by atoms with Gasteiger partial charge in [0.15, 0.2) is 0 Å². The zero-order chi connectivity index (χ0) is 7.58. The van der Waals surface area contributed by atoms with Gasteiger partial charge in [0, 0.05) is 0 Å². The zero-order valence-corrected chi connectivity index (χ0v) is 7.92. The average Bonchev–Trinajstić information content (AvgIpc) is 1.75. The van der Waals surface area contributed by atoms with E-state index in [0.717, 1.165) is 0 Å². The highest BCUT2D eigenvalue weighted by atomic mass is 32.1. The summed E-state index contributed by atoms with van der Waals surface area (Å²) in [4.78, 5) is 0. The van der Waals surface area contributed by atoms with Crippen LogP contribution in [-0.4, -0.2) is 5.25 Å². The summed E-state index contributed by atoms with van der Waals surface area (Å²) in [6.45, 7) is 12.1. The van der Waals surface area contributed by atoms with Crippen molar-refractivity contribution in [1.29, 1.82) is 0 Å². The van der Waals surface area contributed by atoms with Crippen molar-refractivity contribution in [2.24, 2.45) is 0 Å². The third-order valence-electron chi connectivity index (χ3n) is 0. The van der Waals surface area contributed by atoms with Crippen molar-refractivity contribution in [2.45, 2.75) is 46.8 Å². The van der Waals surface area contributed by atoms with Crippen LogP contribution in [0.1, 0.15) is 41.5 Å². The van der Waals surface area contributed by atoms with Crippen LogP contribution in [0.2, 0.25) is 0 Å². The molecule has 0 rings (SSSR count). The van der Waals surface area contributed by atoms with Gasteiger partial charge in [-0.2, -0.15) is 12.6 Å². The second kappa shape index (κ2) is 26.4. The SMILES string of the molecule is CC.CC.CC(C)S. The van der Waals surface area contributed by atoms with Crippen LogP contribution in [0.25, 0.3) is 0 Å². The normalized spacial score (nSPS) is 6.00. The first kappa shape index (κ1) is 15.8. The van der Waals surface area contributed by atoms with Crippen LogP contribution in [0, 0.1) is 0 Å². The maximum absolute atomic E-state index is 3.97. The van der Waals surface area contributed by atoms with Crippen molar-refractivity contribution in [3.63, 3.8) is 0 Å². The highest BCUT2D eigenvalue weighted by molar-refractivity contribution is 7.80. The van der Waals surface area contributed by atoms with Gasteiger partial charge in [0.05, 0.1) is 0 Å². The lowest BCUT2D eigenvalue weighted by atomic mass is 10.6. The predicted molar refractivity (Wildman–Crippen MR) is 46.8 cm³/mol. The van der Waals surface area contributed by atoms with E-state index in [1.54, 1.807) is 0 Å². The van der Waals surface area contributed by atoms with Crippen LogP contribution in [0.4, 0.5) is 0 Å². The Morgan fingerprint density at radius 2 is 0.875 bits per heavy atom. The minimum Gasteiger partial charge on any atom is -0.177 e. The predicted octanol–water partition coefficient (Wildman–Crippen LogP) is 3.38. The van der Waals surface area contributed by atoms with Crippen molar-refractivity contribution < 1.29 is 0 Å². The van der Waals surface area contributed by atoms with Crippen LogP contribution >= 0.6 is 12.6 Å². The van der Waals surface area contributed by atoms with Crippen LogP contribution in [0.5, 0.6) is 0 Å². The van der Waals surface area contributed by atoms with E-state index >= 15 is 0 Å². The molecule has 0 aliphatic carbocycles. The van der Waals surface area contributed by atoms with E-state index in [1.807, 2.05) is 41.5 Å². The van der Waals surface area contributed by atoms with Crippen molar-refractivity contribution in [1.82, 2.24) is 0 Å². The molecule has 0 aliphatic heterocycles. The number of rotatable bonds is 0. The maximum atomic E-state index is 3.97. The smallest absolute Gasteiger partial charge is 0.00399 e. The van der Waals surface area contributed by atoms with Gasteiger partial charge in [-0.05, 0) is 5.25 Å². The van der Waals surface area contributed by atoms with Crippen LogP contribution in [0.15, 0.2) is 0 Å². The molecule has 0 saturated carbocycles. The van der Waals surface area contributed by atoms with Gasteiger partial charge in [-0.3, -0.25) is 0 Å². The van der Waals surface area contributed by atoms with Crippen LogP contribution in [0.3, 0.4) is 0 Å². The molecule has 0 aromatic carbocycles. The molecule has 0 fully saturated rings. The van der Waals surface area contributed by atoms with Gasteiger partial charge in [-0.15, -0.1) is 0 Å². The maximum Gasteiger partial charge on any atom is -0.00399 e. The molecular formula is C7H20S. The molecule has 0 amide bonds. The summed E-state index contributed by atoms with van der Waals surface area (Å²) in [6.07, 6.45) is 0. The third-order valence-corrected chi connectivity index (χ3v) is 0. The first-order valence-electron chi connectivity index (χ1n) is 3.41. The largest absolute Gasteiger partial charge is 0.177 e. The molecule has 0 aliphatic rings. The average molecular weight is 136 g/mol. The Morgan fingerprint density at radius 3 is 0.875 bits per heavy atom. The molecule has 0 atom stereocenters. The molecule has 0 nitrogen and oxygen atoms in total. The Bertz CT molecular complexity index is 9.10. The summed E-state index contributed by atoms with van der Waals surface area (Å²) in [5, 5.41) is 0.528. The topological polar surface area (TPSA) is 0 Å². The fourth-order valence-corrected chi connectivity index (χ4v) is 0. The molecule has 0 radical (unpaired) electrons. The summed E-state index contributed by atoms with van der Waals surface area (Å²) in [6, 6.07) is 0. The minimum absolute atomic E-state index is 0.528. The summed E-state index contributed by atoms with van der Waals surface area (Å²) in [5.41, 5.74) is 0. The summed E-state index contributed by atoms with van der Waals surface area (Å²) in [5.74, 6) is 0. The number of thiol groups is 1. The highest BCUT2D eigenvalue weighted by Gasteiger charge is 1.69. The Morgan fingerprint density at radius 1 is 0.875 bits per heavy atom. The summed E-state index contributed by atoms with van der Waals surface area (Å²) in [7, 11) is 0. The molecule has 0 N–H and O–H groups in total. The lowest BCUT2D eigenvalue weighted by Gasteiger charge is -1.78. The molecule has 0 spiro atoms. The van der Waals surface area contributed by atoms with E-state index in [9.17, 15) is 0 Å². The van der Waals surface area contributed by atoms with Crippen molar-refractivity contribution in [2.75, 3.05) is 0 Å². The molecule has 54 valence electrons. The second-order valence-electron chi connectivity index (χ2n) is 1.09. The molecule has 1 heteroatoms. The second-order valence-corrected chi connectivity index (χ2v) is 2.13. The molecule has 0 aromatic rings. The minimum atomic E-state index is 0.528. The highest BCUT2D eigenvalue weighted by Crippen LogP contribution is 1.83. The van der Waals surface area contributed by atoms with Gasteiger partial charge >= 0.3 is 0 Å². The van der Waals surface area contributed by atoms with E-state index in [-0.39, 0.29) is 0 Å². The van der Waals surface area contributed by atoms with Gasteiger partial charge in [-0.1, -0.05) is 41.5 Å². The van der Waals surface area contributed by atoms with Gasteiger partial charge in [-0.25, -0.2) is 0 Å². The monoisotopic (exact) mass is 136 g/mol. The number of hydrogen-bond donors (Lipinski definition) is 1. The lowest BCUT2D eigenvalue weighted by Crippen LogP contribution is -1.71.